The van der Waals surface area contributed by atoms with E-state index in [1.165, 1.54) is 0 Å². The number of nitrogens with one attached hydrogen (secondary N) is 1. The molecule has 1 aromatic heterocycles. The predicted molar refractivity (Wildman–Crippen MR) is 116 cm³/mol. The number of hydrogen-bond acceptors (Lipinski definition) is 6. The minimum absolute atomic E-state index is 0.0878. The van der Waals surface area contributed by atoms with Gasteiger partial charge in [-0.1, -0.05) is 44.4 Å². The number of fused-ring (bicyclic) bond motifs is 1. The molecule has 31 heavy (non-hydrogen) atoms. The average Bonchev–Trinajstić information content (AvgIpc) is 3.07. The molecular weight excluding hydrogens is 395 g/mol. The quantitative estimate of drug-likeness (QED) is 0.745. The van der Waals surface area contributed by atoms with Crippen molar-refractivity contribution in [2.75, 3.05) is 6.54 Å². The molecule has 1 aliphatic rings. The summed E-state index contributed by atoms with van der Waals surface area (Å²) in [6.07, 6.45) is 0.0990. The van der Waals surface area contributed by atoms with Gasteiger partial charge in [0, 0.05) is 18.5 Å². The number of nitrogens with zero attached hydrogens (tertiary/aromatic N) is 3. The van der Waals surface area contributed by atoms with Gasteiger partial charge in [-0.3, -0.25) is 4.79 Å². The first-order valence-electron chi connectivity index (χ1n) is 10.3. The normalized spacial score (nSPS) is 17.0. The molecule has 1 aliphatic heterocycles. The molecule has 0 spiro atoms. The summed E-state index contributed by atoms with van der Waals surface area (Å²) in [5.41, 5.74) is 1.38. The van der Waals surface area contributed by atoms with Crippen LogP contribution in [0, 0.1) is 0 Å². The lowest BCUT2D eigenvalue weighted by atomic mass is 9.89. The molecule has 2 aromatic rings. The van der Waals surface area contributed by atoms with Crippen molar-refractivity contribution in [3.63, 3.8) is 0 Å². The molecule has 8 nitrogen and oxygen atoms in total. The maximum absolute atomic E-state index is 12.8. The highest BCUT2D eigenvalue weighted by molar-refractivity contribution is 6.32. The molecule has 0 saturated heterocycles. The Hall–Kier alpha value is -2.84. The van der Waals surface area contributed by atoms with Gasteiger partial charge in [0.15, 0.2) is 0 Å². The molecule has 0 saturated carbocycles. The second-order valence-corrected chi connectivity index (χ2v) is 9.84. The molecule has 2 heterocycles. The van der Waals surface area contributed by atoms with Crippen LogP contribution < -0.4 is 10.8 Å². The first kappa shape index (κ1) is 22.8. The minimum atomic E-state index is -0.599. The third-order valence-corrected chi connectivity index (χ3v) is 4.81. The van der Waals surface area contributed by atoms with Gasteiger partial charge in [-0.15, -0.1) is 10.2 Å². The number of benzene rings is 1. The molecule has 164 valence electrons. The van der Waals surface area contributed by atoms with E-state index in [4.69, 9.17) is 17.0 Å². The number of aromatic nitrogens is 2. The smallest absolute Gasteiger partial charge is 0.410 e. The molecule has 1 unspecified atom stereocenters. The van der Waals surface area contributed by atoms with Crippen LogP contribution in [0.4, 0.5) is 4.79 Å². The van der Waals surface area contributed by atoms with Gasteiger partial charge in [-0.25, -0.2) is 4.79 Å². The Bertz CT molecular complexity index is 975. The molecule has 0 bridgehead atoms. The van der Waals surface area contributed by atoms with Gasteiger partial charge in [0.25, 0.3) is 0 Å². The van der Waals surface area contributed by atoms with Gasteiger partial charge >= 0.3 is 17.9 Å². The zero-order valence-electron chi connectivity index (χ0n) is 19.0. The molecule has 1 atom stereocenters. The van der Waals surface area contributed by atoms with Gasteiger partial charge in [-0.05, 0) is 38.3 Å². The van der Waals surface area contributed by atoms with Crippen molar-refractivity contribution >= 4 is 25.3 Å². The molecule has 1 aromatic carbocycles. The van der Waals surface area contributed by atoms with Gasteiger partial charge in [-0.2, -0.15) is 0 Å². The second-order valence-electron chi connectivity index (χ2n) is 9.84. The number of hydrogen-bond donors (Lipinski definition) is 1. The maximum atomic E-state index is 12.8. The van der Waals surface area contributed by atoms with Crippen LogP contribution in [0.1, 0.15) is 81.7 Å². The van der Waals surface area contributed by atoms with Crippen molar-refractivity contribution in [2.24, 2.45) is 0 Å². The molecule has 0 aliphatic carbocycles. The standard InChI is InChI=1S/C22H29BN4O4/c1-21(2,3)19-26-25-18(30-19)17(28)24-16-9-10-27(20(29)31-22(4,5)6)12-13-11-14(23)7-8-15(13)16/h7-8,11,16H,9-10,12H2,1-6H3,(H,24,28). The fourth-order valence-electron chi connectivity index (χ4n) is 3.30. The van der Waals surface area contributed by atoms with Crippen LogP contribution >= 0.6 is 0 Å². The fraction of sp³-hybridized carbons (Fsp3) is 0.545. The Morgan fingerprint density at radius 1 is 1.19 bits per heavy atom. The summed E-state index contributed by atoms with van der Waals surface area (Å²) in [6, 6.07) is 5.14. The van der Waals surface area contributed by atoms with E-state index in [0.717, 1.165) is 11.1 Å². The van der Waals surface area contributed by atoms with Gasteiger partial charge in [0.2, 0.25) is 5.89 Å². The lowest BCUT2D eigenvalue weighted by molar-refractivity contribution is 0.0234. The highest BCUT2D eigenvalue weighted by Crippen LogP contribution is 2.28. The molecule has 2 radical (unpaired) electrons. The maximum Gasteiger partial charge on any atom is 0.410 e. The van der Waals surface area contributed by atoms with Crippen LogP contribution in [-0.2, 0) is 16.7 Å². The van der Waals surface area contributed by atoms with E-state index in [0.29, 0.717) is 30.9 Å². The molecule has 3 rings (SSSR count). The summed E-state index contributed by atoms with van der Waals surface area (Å²) < 4.78 is 11.1. The Kier molecular flexibility index (Phi) is 6.16. The molecule has 2 amide bonds. The van der Waals surface area contributed by atoms with Crippen molar-refractivity contribution < 1.29 is 18.7 Å². The number of amides is 2. The summed E-state index contributed by atoms with van der Waals surface area (Å²) in [5.74, 6) is -0.153. The monoisotopic (exact) mass is 424 g/mol. The van der Waals surface area contributed by atoms with Crippen LogP contribution in [0.3, 0.4) is 0 Å². The third-order valence-electron chi connectivity index (χ3n) is 4.81. The van der Waals surface area contributed by atoms with E-state index < -0.39 is 17.6 Å². The van der Waals surface area contributed by atoms with Crippen molar-refractivity contribution in [1.82, 2.24) is 20.4 Å². The zero-order chi connectivity index (χ0) is 23.0. The van der Waals surface area contributed by atoms with E-state index >= 15 is 0 Å². The first-order chi connectivity index (χ1) is 14.3. The highest BCUT2D eigenvalue weighted by Gasteiger charge is 2.30. The van der Waals surface area contributed by atoms with Crippen LogP contribution in [0.25, 0.3) is 0 Å². The summed E-state index contributed by atoms with van der Waals surface area (Å²) in [7, 11) is 5.98. The van der Waals surface area contributed by atoms with Crippen molar-refractivity contribution in [3.8, 4) is 0 Å². The molecule has 9 heteroatoms. The molecule has 1 N–H and O–H groups in total. The minimum Gasteiger partial charge on any atom is -0.444 e. The number of carbonyl (C=O) groups excluding carboxylic acids is 2. The van der Waals surface area contributed by atoms with E-state index in [2.05, 4.69) is 15.5 Å². The number of carbonyl (C=O) groups is 2. The largest absolute Gasteiger partial charge is 0.444 e. The van der Waals surface area contributed by atoms with Gasteiger partial charge in [0.05, 0.1) is 6.04 Å². The summed E-state index contributed by atoms with van der Waals surface area (Å²) >= 11 is 0. The first-order valence-corrected chi connectivity index (χ1v) is 10.3. The average molecular weight is 424 g/mol. The lowest BCUT2D eigenvalue weighted by Gasteiger charge is -2.26. The van der Waals surface area contributed by atoms with Crippen molar-refractivity contribution in [2.45, 2.75) is 71.6 Å². The Morgan fingerprint density at radius 3 is 2.52 bits per heavy atom. The van der Waals surface area contributed by atoms with Crippen molar-refractivity contribution in [3.05, 3.63) is 41.1 Å². The van der Waals surface area contributed by atoms with Gasteiger partial charge < -0.3 is 19.4 Å². The number of ether oxygens (including phenoxy) is 1. The summed E-state index contributed by atoms with van der Waals surface area (Å²) in [6.45, 7) is 12.0. The topological polar surface area (TPSA) is 97.6 Å². The van der Waals surface area contributed by atoms with Crippen molar-refractivity contribution in [1.29, 1.82) is 0 Å². The molecular formula is C22H29BN4O4. The fourth-order valence-corrected chi connectivity index (χ4v) is 3.30. The Balaban J connectivity index is 1.82. The molecule has 0 fully saturated rings. The van der Waals surface area contributed by atoms with E-state index in [9.17, 15) is 9.59 Å². The van der Waals surface area contributed by atoms with Crippen LogP contribution in [0.2, 0.25) is 0 Å². The van der Waals surface area contributed by atoms with E-state index in [-0.39, 0.29) is 17.3 Å². The van der Waals surface area contributed by atoms with Gasteiger partial charge in [0.1, 0.15) is 13.4 Å². The Morgan fingerprint density at radius 2 is 1.90 bits per heavy atom. The predicted octanol–water partition coefficient (Wildman–Crippen LogP) is 2.77. The van der Waals surface area contributed by atoms with Crippen LogP contribution in [-0.4, -0.2) is 47.1 Å². The summed E-state index contributed by atoms with van der Waals surface area (Å²) in [5, 5.41) is 10.8. The van der Waals surface area contributed by atoms with Crippen LogP contribution in [0.5, 0.6) is 0 Å². The van der Waals surface area contributed by atoms with E-state index in [1.54, 1.807) is 11.0 Å². The summed E-state index contributed by atoms with van der Waals surface area (Å²) in [4.78, 5) is 27.1. The lowest BCUT2D eigenvalue weighted by Crippen LogP contribution is -2.37. The highest BCUT2D eigenvalue weighted by atomic mass is 16.6. The number of rotatable bonds is 2. The SMILES string of the molecule is [B]c1ccc2c(c1)CN(C(=O)OC(C)(C)C)CCC2NC(=O)c1nnc(C(C)(C)C)o1. The zero-order valence-corrected chi connectivity index (χ0v) is 19.0. The third kappa shape index (κ3) is 5.65. The Labute approximate surface area is 184 Å². The van der Waals surface area contributed by atoms with Crippen LogP contribution in [0.15, 0.2) is 22.6 Å². The second kappa shape index (κ2) is 8.36. The van der Waals surface area contributed by atoms with E-state index in [1.807, 2.05) is 53.7 Å².